The molecule has 0 aliphatic heterocycles. The highest BCUT2D eigenvalue weighted by atomic mass is 19.1. The van der Waals surface area contributed by atoms with Gasteiger partial charge in [0.05, 0.1) is 5.69 Å². The Morgan fingerprint density at radius 2 is 1.79 bits per heavy atom. The minimum absolute atomic E-state index is 0.241. The molecule has 7 heteroatoms. The van der Waals surface area contributed by atoms with Gasteiger partial charge in [-0.1, -0.05) is 26.0 Å². The Morgan fingerprint density at radius 3 is 2.42 bits per heavy atom. The molecule has 0 bridgehead atoms. The number of aromatic amines is 1. The van der Waals surface area contributed by atoms with Crippen molar-refractivity contribution < 1.29 is 4.39 Å². The van der Waals surface area contributed by atoms with Crippen molar-refractivity contribution in [1.82, 2.24) is 20.4 Å². The van der Waals surface area contributed by atoms with Gasteiger partial charge in [-0.3, -0.25) is 5.10 Å². The summed E-state index contributed by atoms with van der Waals surface area (Å²) in [6.07, 6.45) is 0.636. The van der Waals surface area contributed by atoms with Gasteiger partial charge < -0.3 is 11.5 Å². The molecule has 0 amide bonds. The SMILES string of the molecule is CC(C)(Cc1cc(-c2cc(N)n[nH]2)nnc1N)c1ccc(F)cc1. The zero-order valence-corrected chi connectivity index (χ0v) is 13.5. The molecule has 0 spiro atoms. The van der Waals surface area contributed by atoms with E-state index in [1.165, 1.54) is 12.1 Å². The summed E-state index contributed by atoms with van der Waals surface area (Å²) in [7, 11) is 0. The van der Waals surface area contributed by atoms with Crippen molar-refractivity contribution in [1.29, 1.82) is 0 Å². The third kappa shape index (κ3) is 3.19. The van der Waals surface area contributed by atoms with E-state index in [1.54, 1.807) is 18.2 Å². The summed E-state index contributed by atoms with van der Waals surface area (Å²) >= 11 is 0. The van der Waals surface area contributed by atoms with Crippen LogP contribution in [0.4, 0.5) is 16.0 Å². The molecule has 1 aromatic carbocycles. The molecule has 0 atom stereocenters. The molecule has 3 rings (SSSR count). The van der Waals surface area contributed by atoms with Crippen LogP contribution in [0.3, 0.4) is 0 Å². The van der Waals surface area contributed by atoms with Crippen molar-refractivity contribution in [2.75, 3.05) is 11.5 Å². The molecule has 0 saturated heterocycles. The van der Waals surface area contributed by atoms with Crippen LogP contribution in [-0.4, -0.2) is 20.4 Å². The van der Waals surface area contributed by atoms with E-state index < -0.39 is 0 Å². The number of anilines is 2. The van der Waals surface area contributed by atoms with Crippen LogP contribution in [0, 0.1) is 5.82 Å². The van der Waals surface area contributed by atoms with Gasteiger partial charge in [0.25, 0.3) is 0 Å². The van der Waals surface area contributed by atoms with Crippen LogP contribution in [0.5, 0.6) is 0 Å². The van der Waals surface area contributed by atoms with E-state index in [1.807, 2.05) is 6.07 Å². The van der Waals surface area contributed by atoms with E-state index in [0.717, 1.165) is 11.1 Å². The van der Waals surface area contributed by atoms with E-state index in [0.29, 0.717) is 29.4 Å². The third-order valence-electron chi connectivity index (χ3n) is 4.04. The topological polar surface area (TPSA) is 106 Å². The normalized spacial score (nSPS) is 11.6. The highest BCUT2D eigenvalue weighted by molar-refractivity contribution is 5.60. The molecule has 0 aliphatic carbocycles. The van der Waals surface area contributed by atoms with Crippen molar-refractivity contribution in [2.24, 2.45) is 0 Å². The lowest BCUT2D eigenvalue weighted by Crippen LogP contribution is -2.21. The number of hydrogen-bond acceptors (Lipinski definition) is 5. The lowest BCUT2D eigenvalue weighted by molar-refractivity contribution is 0.519. The summed E-state index contributed by atoms with van der Waals surface area (Å²) in [6, 6.07) is 10.1. The molecule has 2 heterocycles. The fraction of sp³-hybridized carbons (Fsp3) is 0.235. The maximum absolute atomic E-state index is 13.2. The predicted octanol–water partition coefficient (Wildman–Crippen LogP) is 2.69. The average molecular weight is 326 g/mol. The molecule has 3 aromatic rings. The van der Waals surface area contributed by atoms with Crippen molar-refractivity contribution >= 4 is 11.6 Å². The minimum Gasteiger partial charge on any atom is -0.382 e. The number of nitrogen functional groups attached to an aromatic ring is 2. The van der Waals surface area contributed by atoms with Gasteiger partial charge >= 0.3 is 0 Å². The summed E-state index contributed by atoms with van der Waals surface area (Å²) in [5, 5.41) is 14.8. The first-order valence-electron chi connectivity index (χ1n) is 7.54. The van der Waals surface area contributed by atoms with Crippen LogP contribution in [0.15, 0.2) is 36.4 Å². The van der Waals surface area contributed by atoms with Gasteiger partial charge in [-0.05, 0) is 41.2 Å². The number of halogens is 1. The van der Waals surface area contributed by atoms with E-state index in [4.69, 9.17) is 11.5 Å². The van der Waals surface area contributed by atoms with Gasteiger partial charge in [0, 0.05) is 6.07 Å². The number of hydrogen-bond donors (Lipinski definition) is 3. The molecule has 124 valence electrons. The van der Waals surface area contributed by atoms with Crippen LogP contribution >= 0.6 is 0 Å². The van der Waals surface area contributed by atoms with Crippen LogP contribution in [0.25, 0.3) is 11.4 Å². The molecule has 0 unspecified atom stereocenters. The number of benzene rings is 1. The van der Waals surface area contributed by atoms with Gasteiger partial charge in [0.15, 0.2) is 0 Å². The fourth-order valence-electron chi connectivity index (χ4n) is 2.66. The van der Waals surface area contributed by atoms with Crippen LogP contribution < -0.4 is 11.5 Å². The molecule has 2 aromatic heterocycles. The quantitative estimate of drug-likeness (QED) is 0.683. The van der Waals surface area contributed by atoms with E-state index in [-0.39, 0.29) is 11.2 Å². The first-order chi connectivity index (χ1) is 11.3. The summed E-state index contributed by atoms with van der Waals surface area (Å²) in [5.74, 6) is 0.511. The van der Waals surface area contributed by atoms with Gasteiger partial charge in [0.2, 0.25) is 0 Å². The van der Waals surface area contributed by atoms with Gasteiger partial charge in [-0.2, -0.15) is 5.10 Å². The smallest absolute Gasteiger partial charge is 0.149 e. The molecule has 0 radical (unpaired) electrons. The Balaban J connectivity index is 1.92. The van der Waals surface area contributed by atoms with Crippen LogP contribution in [-0.2, 0) is 11.8 Å². The lowest BCUT2D eigenvalue weighted by Gasteiger charge is -2.26. The third-order valence-corrected chi connectivity index (χ3v) is 4.04. The van der Waals surface area contributed by atoms with Crippen molar-refractivity contribution in [3.05, 3.63) is 53.3 Å². The molecule has 0 fully saturated rings. The highest BCUT2D eigenvalue weighted by Crippen LogP contribution is 2.30. The molecule has 5 N–H and O–H groups in total. The zero-order chi connectivity index (χ0) is 17.3. The maximum Gasteiger partial charge on any atom is 0.149 e. The second-order valence-corrected chi connectivity index (χ2v) is 6.41. The number of nitrogens with two attached hydrogens (primary N) is 2. The highest BCUT2D eigenvalue weighted by Gasteiger charge is 2.23. The predicted molar refractivity (Wildman–Crippen MR) is 91.6 cm³/mol. The van der Waals surface area contributed by atoms with Crippen LogP contribution in [0.2, 0.25) is 0 Å². The Hall–Kier alpha value is -2.96. The minimum atomic E-state index is -0.251. The molecule has 24 heavy (non-hydrogen) atoms. The average Bonchev–Trinajstić information content (AvgIpc) is 2.96. The first-order valence-corrected chi connectivity index (χ1v) is 7.54. The van der Waals surface area contributed by atoms with Gasteiger partial charge in [-0.25, -0.2) is 4.39 Å². The lowest BCUT2D eigenvalue weighted by atomic mass is 9.79. The summed E-state index contributed by atoms with van der Waals surface area (Å²) in [4.78, 5) is 0. The van der Waals surface area contributed by atoms with E-state index in [2.05, 4.69) is 34.2 Å². The second-order valence-electron chi connectivity index (χ2n) is 6.41. The fourth-order valence-corrected chi connectivity index (χ4v) is 2.66. The zero-order valence-electron chi connectivity index (χ0n) is 13.5. The second kappa shape index (κ2) is 5.92. The van der Waals surface area contributed by atoms with Gasteiger partial charge in [-0.15, -0.1) is 10.2 Å². The van der Waals surface area contributed by atoms with Crippen molar-refractivity contribution in [3.8, 4) is 11.4 Å². The van der Waals surface area contributed by atoms with Crippen LogP contribution in [0.1, 0.15) is 25.0 Å². The van der Waals surface area contributed by atoms with E-state index >= 15 is 0 Å². The van der Waals surface area contributed by atoms with Gasteiger partial charge in [0.1, 0.15) is 23.1 Å². The molecular formula is C17H19FN6. The summed E-state index contributed by atoms with van der Waals surface area (Å²) in [5.41, 5.74) is 14.6. The number of nitrogens with zero attached hydrogens (tertiary/aromatic N) is 3. The number of H-pyrrole nitrogens is 1. The first kappa shape index (κ1) is 15.9. The number of rotatable bonds is 4. The Kier molecular flexibility index (Phi) is 3.92. The molecule has 0 aliphatic rings. The Morgan fingerprint density at radius 1 is 1.08 bits per heavy atom. The summed E-state index contributed by atoms with van der Waals surface area (Å²) in [6.45, 7) is 4.15. The van der Waals surface area contributed by atoms with Crippen molar-refractivity contribution in [2.45, 2.75) is 25.7 Å². The monoisotopic (exact) mass is 326 g/mol. The van der Waals surface area contributed by atoms with Crippen molar-refractivity contribution in [3.63, 3.8) is 0 Å². The molecule has 0 saturated carbocycles. The largest absolute Gasteiger partial charge is 0.382 e. The Bertz CT molecular complexity index is 854. The Labute approximate surface area is 139 Å². The molecular weight excluding hydrogens is 307 g/mol. The summed E-state index contributed by atoms with van der Waals surface area (Å²) < 4.78 is 13.2. The number of aromatic nitrogens is 4. The maximum atomic E-state index is 13.2. The standard InChI is InChI=1S/C17H19FN6/c1-17(2,11-3-5-12(18)6-4-11)9-10-7-13(22-24-16(10)20)14-8-15(19)23-21-14/h3-8H,9H2,1-2H3,(H2,20,24)(H3,19,21,23). The molecule has 6 nitrogen and oxygen atoms in total. The van der Waals surface area contributed by atoms with E-state index in [9.17, 15) is 4.39 Å². The number of nitrogens with one attached hydrogen (secondary N) is 1.